The van der Waals surface area contributed by atoms with Gasteiger partial charge in [-0.3, -0.25) is 4.98 Å². The van der Waals surface area contributed by atoms with E-state index in [9.17, 15) is 0 Å². The molecule has 7 heteroatoms. The molecule has 0 radical (unpaired) electrons. The average Bonchev–Trinajstić information content (AvgIpc) is 3.07. The summed E-state index contributed by atoms with van der Waals surface area (Å²) in [5, 5.41) is 8.24. The molecule has 0 aliphatic rings. The Morgan fingerprint density at radius 3 is 2.47 bits per heavy atom. The number of aromatic nitrogens is 4. The van der Waals surface area contributed by atoms with Crippen molar-refractivity contribution >= 4 is 11.3 Å². The number of rotatable bonds is 6. The van der Waals surface area contributed by atoms with Crippen molar-refractivity contribution in [2.75, 3.05) is 19.5 Å². The van der Waals surface area contributed by atoms with Crippen LogP contribution in [0.2, 0.25) is 0 Å². The highest BCUT2D eigenvalue weighted by atomic mass is 16.5. The molecule has 3 aromatic heterocycles. The zero-order valence-corrected chi connectivity index (χ0v) is 17.9. The first-order valence-electron chi connectivity index (χ1n) is 9.75. The Morgan fingerprint density at radius 2 is 1.73 bits per heavy atom. The summed E-state index contributed by atoms with van der Waals surface area (Å²) in [6.07, 6.45) is 1.83. The van der Waals surface area contributed by atoms with Gasteiger partial charge in [-0.15, -0.1) is 0 Å². The van der Waals surface area contributed by atoms with E-state index in [0.29, 0.717) is 18.0 Å². The Hall–Kier alpha value is -3.61. The summed E-state index contributed by atoms with van der Waals surface area (Å²) < 4.78 is 12.7. The van der Waals surface area contributed by atoms with Gasteiger partial charge in [0, 0.05) is 24.0 Å². The van der Waals surface area contributed by atoms with Gasteiger partial charge in [-0.1, -0.05) is 0 Å². The lowest BCUT2D eigenvalue weighted by molar-refractivity contribution is 0.355. The van der Waals surface area contributed by atoms with E-state index in [1.807, 2.05) is 61.8 Å². The summed E-state index contributed by atoms with van der Waals surface area (Å²) in [6.45, 7) is 6.65. The molecule has 0 aliphatic carbocycles. The molecule has 1 N–H and O–H groups in total. The van der Waals surface area contributed by atoms with Crippen LogP contribution >= 0.6 is 0 Å². The van der Waals surface area contributed by atoms with Crippen LogP contribution in [0.5, 0.6) is 11.5 Å². The highest BCUT2D eigenvalue weighted by Crippen LogP contribution is 2.34. The van der Waals surface area contributed by atoms with E-state index in [1.165, 1.54) is 5.56 Å². The lowest BCUT2D eigenvalue weighted by Gasteiger charge is -2.11. The molecule has 0 atom stereocenters. The third kappa shape index (κ3) is 3.66. The van der Waals surface area contributed by atoms with E-state index < -0.39 is 0 Å². The second kappa shape index (κ2) is 8.02. The number of aryl methyl sites for hydroxylation is 3. The van der Waals surface area contributed by atoms with Crippen molar-refractivity contribution in [1.82, 2.24) is 19.6 Å². The van der Waals surface area contributed by atoms with Crippen molar-refractivity contribution in [2.24, 2.45) is 0 Å². The fourth-order valence-electron chi connectivity index (χ4n) is 3.61. The molecular formula is C23H25N5O2. The number of methoxy groups -OCH3 is 2. The van der Waals surface area contributed by atoms with Crippen LogP contribution in [0.15, 0.2) is 42.6 Å². The average molecular weight is 403 g/mol. The predicted octanol–water partition coefficient (Wildman–Crippen LogP) is 4.35. The first-order chi connectivity index (χ1) is 14.5. The molecule has 30 heavy (non-hydrogen) atoms. The fourth-order valence-corrected chi connectivity index (χ4v) is 3.61. The molecule has 1 aromatic carbocycles. The Morgan fingerprint density at radius 1 is 0.933 bits per heavy atom. The maximum Gasteiger partial charge on any atom is 0.177 e. The Bertz CT molecular complexity index is 1220. The minimum atomic E-state index is 0.670. The van der Waals surface area contributed by atoms with Crippen LogP contribution in [0.4, 0.5) is 5.69 Å². The number of anilines is 1. The van der Waals surface area contributed by atoms with E-state index in [2.05, 4.69) is 16.4 Å². The SMILES string of the molecule is COc1ccc(-c2c(C)nc3c(NCc4ccnc(C)c4)cc(C)nn23)cc1OC. The lowest BCUT2D eigenvalue weighted by Crippen LogP contribution is -2.05. The van der Waals surface area contributed by atoms with Crippen molar-refractivity contribution in [3.8, 4) is 22.8 Å². The number of hydrogen-bond donors (Lipinski definition) is 1. The largest absolute Gasteiger partial charge is 0.493 e. The number of fused-ring (bicyclic) bond motifs is 1. The number of nitrogens with zero attached hydrogens (tertiary/aromatic N) is 4. The minimum absolute atomic E-state index is 0.670. The number of nitrogens with one attached hydrogen (secondary N) is 1. The maximum atomic E-state index is 5.48. The van der Waals surface area contributed by atoms with Gasteiger partial charge in [0.15, 0.2) is 17.1 Å². The molecule has 4 rings (SSSR count). The van der Waals surface area contributed by atoms with Crippen LogP contribution in [0.3, 0.4) is 0 Å². The molecule has 0 unspecified atom stereocenters. The summed E-state index contributed by atoms with van der Waals surface area (Å²) in [4.78, 5) is 9.07. The summed E-state index contributed by atoms with van der Waals surface area (Å²) in [6, 6.07) is 11.9. The van der Waals surface area contributed by atoms with Gasteiger partial charge in [0.1, 0.15) is 0 Å². The summed E-state index contributed by atoms with van der Waals surface area (Å²) >= 11 is 0. The zero-order chi connectivity index (χ0) is 21.3. The molecule has 7 nitrogen and oxygen atoms in total. The number of pyridine rings is 1. The van der Waals surface area contributed by atoms with Gasteiger partial charge in [0.05, 0.1) is 37.0 Å². The highest BCUT2D eigenvalue weighted by molar-refractivity contribution is 5.76. The molecule has 0 saturated carbocycles. The van der Waals surface area contributed by atoms with Crippen LogP contribution in [0.1, 0.15) is 22.6 Å². The fraction of sp³-hybridized carbons (Fsp3) is 0.261. The molecule has 0 spiro atoms. The number of hydrogen-bond acceptors (Lipinski definition) is 6. The van der Waals surface area contributed by atoms with E-state index >= 15 is 0 Å². The van der Waals surface area contributed by atoms with Crippen LogP contribution in [0, 0.1) is 20.8 Å². The van der Waals surface area contributed by atoms with Gasteiger partial charge in [0.2, 0.25) is 0 Å². The van der Waals surface area contributed by atoms with Crippen LogP contribution in [-0.4, -0.2) is 33.8 Å². The number of ether oxygens (including phenoxy) is 2. The maximum absolute atomic E-state index is 5.48. The molecule has 3 heterocycles. The topological polar surface area (TPSA) is 73.6 Å². The molecular weight excluding hydrogens is 378 g/mol. The number of benzene rings is 1. The second-order valence-corrected chi connectivity index (χ2v) is 7.21. The Kier molecular flexibility index (Phi) is 5.27. The van der Waals surface area contributed by atoms with Crippen molar-refractivity contribution in [3.05, 3.63) is 65.2 Å². The smallest absolute Gasteiger partial charge is 0.177 e. The normalized spacial score (nSPS) is 11.0. The second-order valence-electron chi connectivity index (χ2n) is 7.21. The lowest BCUT2D eigenvalue weighted by atomic mass is 10.1. The Labute approximate surface area is 175 Å². The van der Waals surface area contributed by atoms with E-state index in [0.717, 1.165) is 39.7 Å². The predicted molar refractivity (Wildman–Crippen MR) is 117 cm³/mol. The third-order valence-corrected chi connectivity index (χ3v) is 4.98. The van der Waals surface area contributed by atoms with Crippen molar-refractivity contribution in [2.45, 2.75) is 27.3 Å². The van der Waals surface area contributed by atoms with Crippen molar-refractivity contribution < 1.29 is 9.47 Å². The van der Waals surface area contributed by atoms with Crippen LogP contribution < -0.4 is 14.8 Å². The van der Waals surface area contributed by atoms with Gasteiger partial charge in [-0.05, 0) is 62.7 Å². The molecule has 0 saturated heterocycles. The molecule has 154 valence electrons. The van der Waals surface area contributed by atoms with Gasteiger partial charge in [-0.2, -0.15) is 5.10 Å². The van der Waals surface area contributed by atoms with Crippen LogP contribution in [-0.2, 0) is 6.54 Å². The minimum Gasteiger partial charge on any atom is -0.493 e. The third-order valence-electron chi connectivity index (χ3n) is 4.98. The first-order valence-corrected chi connectivity index (χ1v) is 9.75. The molecule has 0 amide bonds. The summed E-state index contributed by atoms with van der Waals surface area (Å²) in [5.74, 6) is 1.36. The zero-order valence-electron chi connectivity index (χ0n) is 17.9. The quantitative estimate of drug-likeness (QED) is 0.516. The number of imidazole rings is 1. The molecule has 0 bridgehead atoms. The monoisotopic (exact) mass is 403 g/mol. The van der Waals surface area contributed by atoms with Crippen molar-refractivity contribution in [3.63, 3.8) is 0 Å². The van der Waals surface area contributed by atoms with E-state index in [-0.39, 0.29) is 0 Å². The van der Waals surface area contributed by atoms with Gasteiger partial charge >= 0.3 is 0 Å². The van der Waals surface area contributed by atoms with Gasteiger partial charge in [-0.25, -0.2) is 9.50 Å². The molecule has 4 aromatic rings. The summed E-state index contributed by atoms with van der Waals surface area (Å²) in [5.41, 5.74) is 7.57. The van der Waals surface area contributed by atoms with E-state index in [1.54, 1.807) is 14.2 Å². The van der Waals surface area contributed by atoms with Gasteiger partial charge in [0.25, 0.3) is 0 Å². The van der Waals surface area contributed by atoms with Gasteiger partial charge < -0.3 is 14.8 Å². The van der Waals surface area contributed by atoms with E-state index in [4.69, 9.17) is 19.6 Å². The molecule has 0 fully saturated rings. The standard InChI is InChI=1S/C23H25N5O2/c1-14-10-17(8-9-24-14)13-25-19-11-15(2)27-28-22(16(3)26-23(19)28)18-6-7-20(29-4)21(12-18)30-5/h6-12,25H,13H2,1-5H3. The summed E-state index contributed by atoms with van der Waals surface area (Å²) in [7, 11) is 3.26. The molecule has 0 aliphatic heterocycles. The van der Waals surface area contributed by atoms with Crippen LogP contribution in [0.25, 0.3) is 16.9 Å². The first kappa shape index (κ1) is 19.7. The van der Waals surface area contributed by atoms with Crippen molar-refractivity contribution in [1.29, 1.82) is 0 Å². The highest BCUT2D eigenvalue weighted by Gasteiger charge is 2.17. The Balaban J connectivity index is 1.77.